The smallest absolute Gasteiger partial charge is 0.252 e. The minimum atomic E-state index is -0.335. The summed E-state index contributed by atoms with van der Waals surface area (Å²) in [4.78, 5) is 8.22. The summed E-state index contributed by atoms with van der Waals surface area (Å²) >= 11 is 0. The molecule has 0 saturated carbocycles. The lowest BCUT2D eigenvalue weighted by atomic mass is 9.31. The molecular weight excluding hydrogens is 1400 g/mol. The molecule has 0 N–H and O–H groups in total. The van der Waals surface area contributed by atoms with Crippen molar-refractivity contribution in [2.24, 2.45) is 0 Å². The zero-order valence-corrected chi connectivity index (χ0v) is 65.9. The van der Waals surface area contributed by atoms with E-state index in [1.807, 2.05) is 0 Å². The fourth-order valence-corrected chi connectivity index (χ4v) is 19.8. The predicted molar refractivity (Wildman–Crippen MR) is 497 cm³/mol. The van der Waals surface area contributed by atoms with E-state index in [1.54, 1.807) is 0 Å². The number of fused-ring (bicyclic) bond motifs is 15. The van der Waals surface area contributed by atoms with Gasteiger partial charge in [0.2, 0.25) is 0 Å². The highest BCUT2D eigenvalue weighted by atomic mass is 15.2. The maximum absolute atomic E-state index is 2.77. The van der Waals surface area contributed by atoms with Gasteiger partial charge in [-0.15, -0.1) is 0 Å². The van der Waals surface area contributed by atoms with Crippen molar-refractivity contribution in [2.45, 2.75) is 52.4 Å². The highest BCUT2D eigenvalue weighted by molar-refractivity contribution is 7.02. The number of para-hydroxylation sites is 6. The summed E-state index contributed by atoms with van der Waals surface area (Å²) in [5.41, 5.74) is 36.7. The summed E-state index contributed by atoms with van der Waals surface area (Å²) in [7, 11) is 0. The Morgan fingerprint density at radius 1 is 0.207 bits per heavy atom. The van der Waals surface area contributed by atoms with Crippen LogP contribution in [0.15, 0.2) is 388 Å². The van der Waals surface area contributed by atoms with Gasteiger partial charge in [0, 0.05) is 89.5 Å². The van der Waals surface area contributed by atoms with Crippen LogP contribution in [-0.2, 0) is 10.8 Å². The third-order valence-electron chi connectivity index (χ3n) is 25.1. The molecule has 4 nitrogen and oxygen atoms in total. The lowest BCUT2D eigenvalue weighted by Gasteiger charge is -2.48. The van der Waals surface area contributed by atoms with Crippen LogP contribution in [0, 0.1) is 0 Å². The number of benzene rings is 17. The average molecular weight is 1480 g/mol. The zero-order valence-electron chi connectivity index (χ0n) is 65.9. The monoisotopic (exact) mass is 1480 g/mol. The molecule has 22 rings (SSSR count). The summed E-state index contributed by atoms with van der Waals surface area (Å²) < 4.78 is 2.70. The van der Waals surface area contributed by atoms with Gasteiger partial charge in [0.1, 0.15) is 0 Å². The third kappa shape index (κ3) is 10.8. The Morgan fingerprint density at radius 2 is 0.483 bits per heavy atom. The molecule has 0 spiro atoms. The van der Waals surface area contributed by atoms with E-state index in [0.29, 0.717) is 0 Å². The summed E-state index contributed by atoms with van der Waals surface area (Å²) in [6, 6.07) is 148. The molecule has 0 radical (unpaired) electrons. The molecule has 0 fully saturated rings. The van der Waals surface area contributed by atoms with Gasteiger partial charge >= 0.3 is 0 Å². The quantitative estimate of drug-likeness (QED) is 0.134. The van der Waals surface area contributed by atoms with Crippen LogP contribution in [0.4, 0.5) is 51.2 Å². The first kappa shape index (κ1) is 68.8. The van der Waals surface area contributed by atoms with Gasteiger partial charge in [-0.1, -0.05) is 381 Å². The van der Waals surface area contributed by atoms with E-state index in [-0.39, 0.29) is 24.3 Å². The summed E-state index contributed by atoms with van der Waals surface area (Å²) in [5.74, 6) is 0. The number of hydrogen-bond donors (Lipinski definition) is 0. The number of aromatic nitrogens is 1. The first-order valence-corrected chi connectivity index (χ1v) is 40.9. The molecule has 0 bridgehead atoms. The molecule has 4 aliphatic heterocycles. The van der Waals surface area contributed by atoms with E-state index in [2.05, 4.69) is 449 Å². The highest BCUT2D eigenvalue weighted by Gasteiger charge is 2.50. The Bertz CT molecular complexity index is 6930. The van der Waals surface area contributed by atoms with E-state index in [0.717, 1.165) is 123 Å². The predicted octanol–water partition coefficient (Wildman–Crippen LogP) is 25.5. The van der Waals surface area contributed by atoms with Crippen LogP contribution >= 0.6 is 0 Å². The molecule has 6 heteroatoms. The Balaban J connectivity index is 0.965. The van der Waals surface area contributed by atoms with Gasteiger partial charge < -0.3 is 19.3 Å². The molecule has 0 amide bonds. The van der Waals surface area contributed by atoms with Crippen molar-refractivity contribution in [3.8, 4) is 72.4 Å². The van der Waals surface area contributed by atoms with Gasteiger partial charge in [0.25, 0.3) is 13.4 Å². The van der Waals surface area contributed by atoms with Crippen LogP contribution in [0.1, 0.15) is 52.7 Å². The third-order valence-corrected chi connectivity index (χ3v) is 25.1. The molecule has 17 aromatic carbocycles. The van der Waals surface area contributed by atoms with Crippen molar-refractivity contribution in [1.29, 1.82) is 0 Å². The molecule has 548 valence electrons. The topological polar surface area (TPSA) is 14.7 Å². The normalized spacial score (nSPS) is 13.0. The maximum atomic E-state index is 2.77. The minimum Gasteiger partial charge on any atom is -0.310 e. The number of hydrogen-bond acceptors (Lipinski definition) is 3. The molecule has 1 aromatic heterocycles. The molecule has 4 aliphatic rings. The van der Waals surface area contributed by atoms with Gasteiger partial charge in [-0.25, -0.2) is 0 Å². The lowest BCUT2D eigenvalue weighted by molar-refractivity contribution is 0.590. The van der Waals surface area contributed by atoms with Crippen LogP contribution in [0.3, 0.4) is 0 Å². The summed E-state index contributed by atoms with van der Waals surface area (Å²) in [5, 5.41) is 7.18. The SMILES string of the molecule is CC(C)(C)c1cc2c3c(c1)N(c1c(-c4ccccc4)cccc1-c1ccccc1)c1cc4c(cc1B3c1ccccc1N2c1c(-c2ccccc2)cccc1-c1ccccc1)N(c1c(-c2ccccc2)cccc1-c1ccccc1)c1cc(C(C)(C)C)cc2c1B4c1cccc3c4ccccc4c4ccccc4c4ccccc4n-2c13. The largest absolute Gasteiger partial charge is 0.310 e. The average Bonchev–Trinajstić information content (AvgIpc) is 0.769. The van der Waals surface area contributed by atoms with Gasteiger partial charge in [0.05, 0.1) is 22.6 Å². The number of anilines is 9. The number of rotatable bonds is 9. The Kier molecular flexibility index (Phi) is 15.9. The van der Waals surface area contributed by atoms with Gasteiger partial charge in [-0.3, -0.25) is 0 Å². The lowest BCUT2D eigenvalue weighted by Crippen LogP contribution is -2.64. The maximum Gasteiger partial charge on any atom is 0.252 e. The molecular formula is C110H82B2N4. The van der Waals surface area contributed by atoms with Crippen molar-refractivity contribution < 1.29 is 0 Å². The summed E-state index contributed by atoms with van der Waals surface area (Å²) in [6.07, 6.45) is 0. The van der Waals surface area contributed by atoms with Crippen molar-refractivity contribution in [3.63, 3.8) is 0 Å². The zero-order chi connectivity index (χ0) is 77.7. The van der Waals surface area contributed by atoms with E-state index in [1.165, 1.54) is 87.4 Å². The van der Waals surface area contributed by atoms with Crippen LogP contribution in [-0.4, -0.2) is 18.0 Å². The molecule has 0 aliphatic carbocycles. The van der Waals surface area contributed by atoms with Gasteiger partial charge in [-0.2, -0.15) is 0 Å². The van der Waals surface area contributed by atoms with E-state index < -0.39 is 0 Å². The summed E-state index contributed by atoms with van der Waals surface area (Å²) in [6.45, 7) is 13.8. The van der Waals surface area contributed by atoms with Crippen molar-refractivity contribution >= 4 is 141 Å². The van der Waals surface area contributed by atoms with Gasteiger partial charge in [0.15, 0.2) is 0 Å². The Labute approximate surface area is 679 Å². The second kappa shape index (κ2) is 26.9. The van der Waals surface area contributed by atoms with E-state index in [4.69, 9.17) is 0 Å². The fraction of sp³-hybridized carbons (Fsp3) is 0.0727. The van der Waals surface area contributed by atoms with Crippen LogP contribution in [0.2, 0.25) is 0 Å². The number of nitrogens with zero attached hydrogens (tertiary/aromatic N) is 4. The molecule has 0 atom stereocenters. The molecule has 0 saturated heterocycles. The van der Waals surface area contributed by atoms with Crippen LogP contribution < -0.4 is 47.5 Å². The van der Waals surface area contributed by atoms with Gasteiger partial charge in [-0.05, 0) is 158 Å². The second-order valence-corrected chi connectivity index (χ2v) is 33.7. The molecule has 18 aromatic rings. The molecule has 5 heterocycles. The van der Waals surface area contributed by atoms with Crippen molar-refractivity contribution in [2.75, 3.05) is 14.7 Å². The first-order valence-electron chi connectivity index (χ1n) is 40.9. The Morgan fingerprint density at radius 3 is 0.871 bits per heavy atom. The first-order chi connectivity index (χ1) is 56.9. The standard InChI is InChI=1S/C110H82B2N4/c1-109(2,3)77-65-99-104-102(68-77)116(107-83(75-45-21-11-22-46-75)58-35-59-84(107)76-47-23-12-24-48-76)98-69-93-97(70-94(98)112(104)92-62-36-60-90-88-52-28-26-50-86(88)85-49-25-27-51-87(85)89-53-29-31-63-95(89)113(99)108(90)92)115(106-81(73-41-17-9-18-42-73)56-34-57-82(106)74-43-19-10-20-44-74)101-67-78(110(4,5)6)66-100-103(101)111(93)91-61-30-32-64-96(91)114(100)105-79(71-37-13-7-14-38-71)54-33-55-80(105)72-39-15-8-16-40-72/h7-70H,1-6H3. The van der Waals surface area contributed by atoms with Crippen molar-refractivity contribution in [1.82, 2.24) is 4.57 Å². The van der Waals surface area contributed by atoms with E-state index in [9.17, 15) is 0 Å². The molecule has 116 heavy (non-hydrogen) atoms. The fourth-order valence-electron chi connectivity index (χ4n) is 19.8. The Hall–Kier alpha value is -13.9. The second-order valence-electron chi connectivity index (χ2n) is 33.7. The van der Waals surface area contributed by atoms with Crippen molar-refractivity contribution in [3.05, 3.63) is 399 Å². The van der Waals surface area contributed by atoms with Crippen LogP contribution in [0.25, 0.3) is 116 Å². The minimum absolute atomic E-state index is 0.305. The molecule has 0 unspecified atom stereocenters. The van der Waals surface area contributed by atoms with E-state index >= 15 is 0 Å². The van der Waals surface area contributed by atoms with Crippen LogP contribution in [0.5, 0.6) is 0 Å². The highest BCUT2D eigenvalue weighted by Crippen LogP contribution is 2.56.